The van der Waals surface area contributed by atoms with Crippen molar-refractivity contribution < 1.29 is 14.3 Å². The van der Waals surface area contributed by atoms with Crippen molar-refractivity contribution in [2.24, 2.45) is 0 Å². The van der Waals surface area contributed by atoms with E-state index in [9.17, 15) is 9.18 Å². The molecule has 0 bridgehead atoms. The fraction of sp³-hybridized carbons (Fsp3) is 0.0909. The summed E-state index contributed by atoms with van der Waals surface area (Å²) in [7, 11) is 0. The molecule has 0 saturated heterocycles. The Labute approximate surface area is 86.1 Å². The van der Waals surface area contributed by atoms with Crippen LogP contribution in [0, 0.1) is 17.1 Å². The van der Waals surface area contributed by atoms with E-state index in [4.69, 9.17) is 10.4 Å². The number of nitriles is 1. The molecule has 0 saturated carbocycles. The Morgan fingerprint density at radius 1 is 1.60 bits per heavy atom. The lowest BCUT2D eigenvalue weighted by Gasteiger charge is -1.97. The maximum Gasteiger partial charge on any atom is 0.331 e. The number of aliphatic carboxylic acids is 1. The van der Waals surface area contributed by atoms with Gasteiger partial charge in [-0.3, -0.25) is 0 Å². The highest BCUT2D eigenvalue weighted by molar-refractivity contribution is 5.91. The zero-order valence-electron chi connectivity index (χ0n) is 7.99. The lowest BCUT2D eigenvalue weighted by atomic mass is 10.1. The molecule has 0 aliphatic carbocycles. The normalized spacial score (nSPS) is 10.9. The standard InChI is InChI=1S/C11H8FNO2/c1-7(11(14)15)4-8-2-3-10(12)9(5-8)6-13/h2-5H,1H3,(H,14,15)/b7-4+. The first-order valence-corrected chi connectivity index (χ1v) is 4.16. The van der Waals surface area contributed by atoms with Crippen LogP contribution in [-0.2, 0) is 4.79 Å². The number of carbonyl (C=O) groups is 1. The first-order valence-electron chi connectivity index (χ1n) is 4.16. The minimum Gasteiger partial charge on any atom is -0.478 e. The van der Waals surface area contributed by atoms with E-state index in [1.807, 2.05) is 0 Å². The third kappa shape index (κ3) is 2.64. The molecule has 1 N–H and O–H groups in total. The summed E-state index contributed by atoms with van der Waals surface area (Å²) in [4.78, 5) is 10.5. The van der Waals surface area contributed by atoms with Gasteiger partial charge in [-0.05, 0) is 30.7 Å². The van der Waals surface area contributed by atoms with E-state index >= 15 is 0 Å². The highest BCUT2D eigenvalue weighted by atomic mass is 19.1. The van der Waals surface area contributed by atoms with E-state index in [1.54, 1.807) is 6.07 Å². The average molecular weight is 205 g/mol. The molecule has 0 unspecified atom stereocenters. The van der Waals surface area contributed by atoms with Gasteiger partial charge in [0.2, 0.25) is 0 Å². The van der Waals surface area contributed by atoms with Crippen molar-refractivity contribution in [2.75, 3.05) is 0 Å². The number of benzene rings is 1. The predicted octanol–water partition coefficient (Wildman–Crippen LogP) is 2.19. The summed E-state index contributed by atoms with van der Waals surface area (Å²) in [5.41, 5.74) is 0.528. The molecule has 1 rings (SSSR count). The second-order valence-corrected chi connectivity index (χ2v) is 2.98. The SMILES string of the molecule is C/C(=C\c1ccc(F)c(C#N)c1)C(=O)O. The summed E-state index contributed by atoms with van der Waals surface area (Å²) in [5, 5.41) is 17.2. The van der Waals surface area contributed by atoms with E-state index in [0.717, 1.165) is 6.07 Å². The van der Waals surface area contributed by atoms with Gasteiger partial charge in [0.15, 0.2) is 0 Å². The maximum atomic E-state index is 12.9. The van der Waals surface area contributed by atoms with Gasteiger partial charge in [0.25, 0.3) is 0 Å². The van der Waals surface area contributed by atoms with Crippen molar-refractivity contribution in [3.63, 3.8) is 0 Å². The number of carboxylic acids is 1. The van der Waals surface area contributed by atoms with Crippen molar-refractivity contribution in [1.29, 1.82) is 5.26 Å². The third-order valence-electron chi connectivity index (χ3n) is 1.83. The molecular weight excluding hydrogens is 197 g/mol. The quantitative estimate of drug-likeness (QED) is 0.752. The molecule has 0 aromatic heterocycles. The van der Waals surface area contributed by atoms with Crippen molar-refractivity contribution >= 4 is 12.0 Å². The summed E-state index contributed by atoms with van der Waals surface area (Å²) in [6.45, 7) is 1.43. The van der Waals surface area contributed by atoms with E-state index in [-0.39, 0.29) is 11.1 Å². The lowest BCUT2D eigenvalue weighted by Crippen LogP contribution is -1.95. The number of nitrogens with zero attached hydrogens (tertiary/aromatic N) is 1. The number of carboxylic acid groups (broad SMARTS) is 1. The molecule has 0 aliphatic rings. The molecule has 0 radical (unpaired) electrons. The summed E-state index contributed by atoms with van der Waals surface area (Å²) in [5.74, 6) is -1.65. The Bertz CT molecular complexity index is 472. The van der Waals surface area contributed by atoms with Crippen molar-refractivity contribution in [2.45, 2.75) is 6.92 Å². The first kappa shape index (κ1) is 10.9. The van der Waals surface area contributed by atoms with Gasteiger partial charge in [0.05, 0.1) is 5.56 Å². The van der Waals surface area contributed by atoms with E-state index in [0.29, 0.717) is 5.56 Å². The molecule has 76 valence electrons. The summed E-state index contributed by atoms with van der Waals surface area (Å²) in [6.07, 6.45) is 1.38. The molecule has 4 heteroatoms. The van der Waals surface area contributed by atoms with Crippen LogP contribution in [0.1, 0.15) is 18.1 Å². The molecule has 1 aromatic carbocycles. The van der Waals surface area contributed by atoms with Crippen LogP contribution in [-0.4, -0.2) is 11.1 Å². The fourth-order valence-electron chi connectivity index (χ4n) is 1.03. The van der Waals surface area contributed by atoms with Crippen LogP contribution in [0.2, 0.25) is 0 Å². The summed E-state index contributed by atoms with van der Waals surface area (Å²) in [6, 6.07) is 5.55. The highest BCUT2D eigenvalue weighted by Gasteiger charge is 2.03. The summed E-state index contributed by atoms with van der Waals surface area (Å²) >= 11 is 0. The fourth-order valence-corrected chi connectivity index (χ4v) is 1.03. The van der Waals surface area contributed by atoms with Gasteiger partial charge in [-0.25, -0.2) is 9.18 Å². The Kier molecular flexibility index (Phi) is 3.19. The minimum absolute atomic E-state index is 0.0954. The zero-order valence-corrected chi connectivity index (χ0v) is 7.99. The predicted molar refractivity (Wildman–Crippen MR) is 52.4 cm³/mol. The molecule has 0 fully saturated rings. The molecule has 3 nitrogen and oxygen atoms in total. The molecule has 0 heterocycles. The molecular formula is C11H8FNO2. The Hall–Kier alpha value is -2.15. The highest BCUT2D eigenvalue weighted by Crippen LogP contribution is 2.12. The Balaban J connectivity index is 3.14. The topological polar surface area (TPSA) is 61.1 Å². The van der Waals surface area contributed by atoms with Gasteiger partial charge in [-0.2, -0.15) is 5.26 Å². The van der Waals surface area contributed by atoms with Crippen molar-refractivity contribution in [3.8, 4) is 6.07 Å². The van der Waals surface area contributed by atoms with E-state index in [2.05, 4.69) is 0 Å². The van der Waals surface area contributed by atoms with Crippen molar-refractivity contribution in [1.82, 2.24) is 0 Å². The van der Waals surface area contributed by atoms with E-state index < -0.39 is 11.8 Å². The molecule has 15 heavy (non-hydrogen) atoms. The second kappa shape index (κ2) is 4.38. The van der Waals surface area contributed by atoms with Crippen LogP contribution in [0.4, 0.5) is 4.39 Å². The molecule has 0 amide bonds. The van der Waals surface area contributed by atoms with Crippen LogP contribution in [0.3, 0.4) is 0 Å². The first-order chi connectivity index (χ1) is 7.04. The van der Waals surface area contributed by atoms with Gasteiger partial charge in [-0.15, -0.1) is 0 Å². The van der Waals surface area contributed by atoms with Gasteiger partial charge in [0.1, 0.15) is 11.9 Å². The van der Waals surface area contributed by atoms with Crippen LogP contribution in [0.25, 0.3) is 6.08 Å². The van der Waals surface area contributed by atoms with Gasteiger partial charge in [0, 0.05) is 5.57 Å². The number of halogens is 1. The zero-order chi connectivity index (χ0) is 11.4. The number of hydrogen-bond donors (Lipinski definition) is 1. The average Bonchev–Trinajstić information content (AvgIpc) is 2.20. The largest absolute Gasteiger partial charge is 0.478 e. The van der Waals surface area contributed by atoms with Gasteiger partial charge in [-0.1, -0.05) is 6.07 Å². The minimum atomic E-state index is -1.04. The Morgan fingerprint density at radius 2 is 2.27 bits per heavy atom. The summed E-state index contributed by atoms with van der Waals surface area (Å²) < 4.78 is 12.9. The van der Waals surface area contributed by atoms with Crippen LogP contribution >= 0.6 is 0 Å². The van der Waals surface area contributed by atoms with Gasteiger partial charge >= 0.3 is 5.97 Å². The third-order valence-corrected chi connectivity index (χ3v) is 1.83. The van der Waals surface area contributed by atoms with Crippen LogP contribution < -0.4 is 0 Å². The molecule has 0 atom stereocenters. The molecule has 0 spiro atoms. The maximum absolute atomic E-state index is 12.9. The number of hydrogen-bond acceptors (Lipinski definition) is 2. The van der Waals surface area contributed by atoms with Gasteiger partial charge < -0.3 is 5.11 Å². The smallest absolute Gasteiger partial charge is 0.331 e. The molecule has 0 aliphatic heterocycles. The van der Waals surface area contributed by atoms with E-state index in [1.165, 1.54) is 25.1 Å². The van der Waals surface area contributed by atoms with Crippen LogP contribution in [0.15, 0.2) is 23.8 Å². The molecule has 1 aromatic rings. The monoisotopic (exact) mass is 205 g/mol. The second-order valence-electron chi connectivity index (χ2n) is 2.98. The van der Waals surface area contributed by atoms with Crippen LogP contribution in [0.5, 0.6) is 0 Å². The lowest BCUT2D eigenvalue weighted by molar-refractivity contribution is -0.132. The number of rotatable bonds is 2. The Morgan fingerprint density at radius 3 is 2.80 bits per heavy atom. The van der Waals surface area contributed by atoms with Crippen molar-refractivity contribution in [3.05, 3.63) is 40.7 Å².